The molecule has 0 radical (unpaired) electrons. The van der Waals surface area contributed by atoms with E-state index in [1.165, 1.54) is 50.4 Å². The van der Waals surface area contributed by atoms with Crippen LogP contribution in [-0.2, 0) is 14.8 Å². The Morgan fingerprint density at radius 2 is 1.92 bits per heavy atom. The fourth-order valence-corrected chi connectivity index (χ4v) is 3.65. The Morgan fingerprint density at radius 3 is 2.56 bits per heavy atom. The summed E-state index contributed by atoms with van der Waals surface area (Å²) in [7, 11) is -2.77. The molecule has 0 fully saturated rings. The highest BCUT2D eigenvalue weighted by molar-refractivity contribution is 7.89. The lowest BCUT2D eigenvalue weighted by molar-refractivity contribution is -0.117. The first-order valence-corrected chi connectivity index (χ1v) is 9.02. The van der Waals surface area contributed by atoms with Crippen LogP contribution in [0.2, 0.25) is 5.02 Å². The number of ether oxygens (including phenoxy) is 1. The molecular weight excluding hydrogens is 371 g/mol. The van der Waals surface area contributed by atoms with Crippen LogP contribution in [0.4, 0.5) is 10.1 Å². The molecule has 2 rings (SSSR count). The number of amides is 1. The van der Waals surface area contributed by atoms with Gasteiger partial charge in [-0.1, -0.05) is 23.7 Å². The monoisotopic (exact) mass is 386 g/mol. The van der Waals surface area contributed by atoms with Gasteiger partial charge >= 0.3 is 0 Å². The third-order valence-electron chi connectivity index (χ3n) is 3.27. The Hall–Kier alpha value is -2.16. The first-order chi connectivity index (χ1) is 11.7. The van der Waals surface area contributed by atoms with Crippen LogP contribution in [-0.4, -0.2) is 27.5 Å². The van der Waals surface area contributed by atoms with Gasteiger partial charge in [-0.3, -0.25) is 4.79 Å². The molecule has 1 amide bonds. The summed E-state index contributed by atoms with van der Waals surface area (Å²) in [5, 5.41) is 2.52. The van der Waals surface area contributed by atoms with Gasteiger partial charge in [0.2, 0.25) is 15.9 Å². The molecule has 2 aromatic rings. The Kier molecular flexibility index (Phi) is 5.99. The second kappa shape index (κ2) is 7.81. The van der Waals surface area contributed by atoms with Gasteiger partial charge in [0.15, 0.2) is 0 Å². The molecule has 2 aromatic carbocycles. The molecule has 0 saturated carbocycles. The van der Waals surface area contributed by atoms with Crippen molar-refractivity contribution in [1.29, 1.82) is 0 Å². The highest BCUT2D eigenvalue weighted by Gasteiger charge is 2.25. The highest BCUT2D eigenvalue weighted by Crippen LogP contribution is 2.27. The summed E-state index contributed by atoms with van der Waals surface area (Å²) < 4.78 is 45.8. The van der Waals surface area contributed by atoms with E-state index in [0.29, 0.717) is 0 Å². The normalized spacial score (nSPS) is 12.5. The van der Waals surface area contributed by atoms with E-state index < -0.39 is 27.8 Å². The molecule has 6 nitrogen and oxygen atoms in total. The first kappa shape index (κ1) is 19.2. The van der Waals surface area contributed by atoms with E-state index in [2.05, 4.69) is 10.0 Å². The lowest BCUT2D eigenvalue weighted by Crippen LogP contribution is -2.41. The maximum atomic E-state index is 13.6. The van der Waals surface area contributed by atoms with E-state index in [1.807, 2.05) is 0 Å². The standard InChI is InChI=1S/C16H16ClFN2O4S/c1-10(16(21)19-13-6-4-3-5-12(13)18)20-25(22,23)15-9-11(17)7-8-14(15)24-2/h3-10,20H,1-2H3,(H,19,21)/t10-/m1/s1. The Labute approximate surface area is 150 Å². The third-order valence-corrected chi connectivity index (χ3v) is 5.07. The number of para-hydroxylation sites is 1. The van der Waals surface area contributed by atoms with Gasteiger partial charge in [-0.2, -0.15) is 4.72 Å². The predicted octanol–water partition coefficient (Wildman–Crippen LogP) is 2.79. The molecule has 0 bridgehead atoms. The zero-order valence-corrected chi connectivity index (χ0v) is 15.0. The first-order valence-electron chi connectivity index (χ1n) is 7.16. The number of benzene rings is 2. The third kappa shape index (κ3) is 4.68. The van der Waals surface area contributed by atoms with E-state index in [1.54, 1.807) is 6.07 Å². The van der Waals surface area contributed by atoms with Gasteiger partial charge in [-0.25, -0.2) is 12.8 Å². The molecule has 0 heterocycles. The van der Waals surface area contributed by atoms with Crippen LogP contribution in [0.1, 0.15) is 6.92 Å². The smallest absolute Gasteiger partial charge is 0.245 e. The summed E-state index contributed by atoms with van der Waals surface area (Å²) in [5.74, 6) is -1.25. The van der Waals surface area contributed by atoms with Crippen LogP contribution in [0.25, 0.3) is 0 Å². The summed E-state index contributed by atoms with van der Waals surface area (Å²) in [5.41, 5.74) is -0.0427. The van der Waals surface area contributed by atoms with Crippen molar-refractivity contribution in [2.24, 2.45) is 0 Å². The van der Waals surface area contributed by atoms with Crippen molar-refractivity contribution in [3.05, 3.63) is 53.3 Å². The van der Waals surface area contributed by atoms with Crippen molar-refractivity contribution in [2.75, 3.05) is 12.4 Å². The fraction of sp³-hybridized carbons (Fsp3) is 0.188. The highest BCUT2D eigenvalue weighted by atomic mass is 35.5. The number of rotatable bonds is 6. The van der Waals surface area contributed by atoms with Crippen LogP contribution < -0.4 is 14.8 Å². The Morgan fingerprint density at radius 1 is 1.24 bits per heavy atom. The lowest BCUT2D eigenvalue weighted by Gasteiger charge is -2.16. The molecular formula is C16H16ClFN2O4S. The van der Waals surface area contributed by atoms with Gasteiger partial charge in [-0.05, 0) is 37.3 Å². The summed E-state index contributed by atoms with van der Waals surface area (Å²) in [6, 6.07) is 8.51. The quantitative estimate of drug-likeness (QED) is 0.799. The van der Waals surface area contributed by atoms with E-state index in [4.69, 9.17) is 16.3 Å². The Balaban J connectivity index is 2.19. The average Bonchev–Trinajstić information content (AvgIpc) is 2.56. The van der Waals surface area contributed by atoms with Crippen molar-refractivity contribution >= 4 is 33.2 Å². The molecule has 134 valence electrons. The van der Waals surface area contributed by atoms with Crippen LogP contribution in [0.3, 0.4) is 0 Å². The van der Waals surface area contributed by atoms with Gasteiger partial charge in [0, 0.05) is 5.02 Å². The molecule has 0 unspecified atom stereocenters. The average molecular weight is 387 g/mol. The minimum Gasteiger partial charge on any atom is -0.495 e. The van der Waals surface area contributed by atoms with Gasteiger partial charge in [-0.15, -0.1) is 0 Å². The van der Waals surface area contributed by atoms with Crippen molar-refractivity contribution < 1.29 is 22.3 Å². The number of methoxy groups -OCH3 is 1. The second-order valence-electron chi connectivity index (χ2n) is 5.11. The van der Waals surface area contributed by atoms with Crippen LogP contribution in [0.5, 0.6) is 5.75 Å². The molecule has 0 aliphatic carbocycles. The van der Waals surface area contributed by atoms with Crippen LogP contribution >= 0.6 is 11.6 Å². The predicted molar refractivity (Wildman–Crippen MR) is 92.8 cm³/mol. The van der Waals surface area contributed by atoms with E-state index in [-0.39, 0.29) is 21.4 Å². The molecule has 0 aromatic heterocycles. The molecule has 1 atom stereocenters. The maximum absolute atomic E-state index is 13.6. The minimum absolute atomic E-state index is 0.0427. The molecule has 9 heteroatoms. The molecule has 25 heavy (non-hydrogen) atoms. The zero-order valence-electron chi connectivity index (χ0n) is 13.4. The lowest BCUT2D eigenvalue weighted by atomic mass is 10.2. The van der Waals surface area contributed by atoms with Crippen LogP contribution in [0.15, 0.2) is 47.4 Å². The molecule has 0 spiro atoms. The van der Waals surface area contributed by atoms with E-state index in [0.717, 1.165) is 0 Å². The summed E-state index contributed by atoms with van der Waals surface area (Å²) in [6.07, 6.45) is 0. The largest absolute Gasteiger partial charge is 0.495 e. The summed E-state index contributed by atoms with van der Waals surface area (Å²) >= 11 is 5.83. The summed E-state index contributed by atoms with van der Waals surface area (Å²) in [4.78, 5) is 11.9. The fourth-order valence-electron chi connectivity index (χ4n) is 2.01. The van der Waals surface area contributed by atoms with E-state index in [9.17, 15) is 17.6 Å². The van der Waals surface area contributed by atoms with Gasteiger partial charge in [0.05, 0.1) is 18.8 Å². The van der Waals surface area contributed by atoms with Crippen molar-refractivity contribution in [1.82, 2.24) is 4.72 Å². The number of carbonyl (C=O) groups is 1. The van der Waals surface area contributed by atoms with E-state index >= 15 is 0 Å². The number of carbonyl (C=O) groups excluding carboxylic acids is 1. The van der Waals surface area contributed by atoms with Crippen molar-refractivity contribution in [3.8, 4) is 5.75 Å². The molecule has 2 N–H and O–H groups in total. The zero-order chi connectivity index (χ0) is 18.6. The van der Waals surface area contributed by atoms with Crippen molar-refractivity contribution in [3.63, 3.8) is 0 Å². The van der Waals surface area contributed by atoms with Crippen LogP contribution in [0, 0.1) is 5.82 Å². The minimum atomic E-state index is -4.09. The maximum Gasteiger partial charge on any atom is 0.245 e. The number of nitrogens with one attached hydrogen (secondary N) is 2. The van der Waals surface area contributed by atoms with Crippen molar-refractivity contribution in [2.45, 2.75) is 17.9 Å². The number of halogens is 2. The number of hydrogen-bond acceptors (Lipinski definition) is 4. The number of anilines is 1. The summed E-state index contributed by atoms with van der Waals surface area (Å²) in [6.45, 7) is 1.34. The van der Waals surface area contributed by atoms with Gasteiger partial charge in [0.1, 0.15) is 16.5 Å². The number of sulfonamides is 1. The second-order valence-corrected chi connectivity index (χ2v) is 7.23. The van der Waals surface area contributed by atoms with Gasteiger partial charge in [0.25, 0.3) is 0 Å². The number of hydrogen-bond donors (Lipinski definition) is 2. The topological polar surface area (TPSA) is 84.5 Å². The SMILES string of the molecule is COc1ccc(Cl)cc1S(=O)(=O)N[C@H](C)C(=O)Nc1ccccc1F. The Bertz CT molecular complexity index is 889. The molecule has 0 aliphatic rings. The molecule has 0 aliphatic heterocycles. The molecule has 0 saturated heterocycles. The van der Waals surface area contributed by atoms with Gasteiger partial charge < -0.3 is 10.1 Å².